The molecule has 1 aliphatic rings. The summed E-state index contributed by atoms with van der Waals surface area (Å²) in [4.78, 5) is 14.7. The van der Waals surface area contributed by atoms with E-state index in [0.717, 1.165) is 43.4 Å². The van der Waals surface area contributed by atoms with E-state index < -0.39 is 0 Å². The number of likely N-dealkylation sites (tertiary alicyclic amines) is 1. The van der Waals surface area contributed by atoms with Crippen LogP contribution in [0.25, 0.3) is 10.8 Å². The lowest BCUT2D eigenvalue weighted by atomic mass is 9.96. The van der Waals surface area contributed by atoms with Gasteiger partial charge in [-0.1, -0.05) is 66.7 Å². The molecule has 0 saturated carbocycles. The Balaban J connectivity index is 1.15. The molecule has 1 aliphatic heterocycles. The van der Waals surface area contributed by atoms with Crippen LogP contribution in [-0.2, 0) is 13.1 Å². The van der Waals surface area contributed by atoms with Crippen LogP contribution in [-0.4, -0.2) is 36.5 Å². The zero-order valence-corrected chi connectivity index (χ0v) is 19.2. The highest BCUT2D eigenvalue weighted by atomic mass is 16.2. The fourth-order valence-corrected chi connectivity index (χ4v) is 4.45. The third-order valence-electron chi connectivity index (χ3n) is 6.49. The predicted octanol–water partition coefficient (Wildman–Crippen LogP) is 4.38. The van der Waals surface area contributed by atoms with E-state index in [1.165, 1.54) is 16.5 Å². The number of benzene rings is 3. The molecule has 0 atom stereocenters. The van der Waals surface area contributed by atoms with Crippen molar-refractivity contribution in [1.82, 2.24) is 20.9 Å². The van der Waals surface area contributed by atoms with Crippen LogP contribution in [0.2, 0.25) is 0 Å². The molecule has 1 saturated heterocycles. The maximum atomic E-state index is 12.2. The first-order chi connectivity index (χ1) is 16.1. The average Bonchev–Trinajstić information content (AvgIpc) is 2.83. The lowest BCUT2D eigenvalue weighted by Crippen LogP contribution is -2.47. The second kappa shape index (κ2) is 11.0. The van der Waals surface area contributed by atoms with Crippen LogP contribution in [0.3, 0.4) is 0 Å². The van der Waals surface area contributed by atoms with Crippen LogP contribution in [0.15, 0.2) is 66.7 Å². The Morgan fingerprint density at radius 3 is 2.45 bits per heavy atom. The molecule has 33 heavy (non-hydrogen) atoms. The van der Waals surface area contributed by atoms with E-state index in [0.29, 0.717) is 19.0 Å². The minimum atomic E-state index is -0.326. The minimum absolute atomic E-state index is 0.00786. The lowest BCUT2D eigenvalue weighted by molar-refractivity contribution is 0.175. The Hall–Kier alpha value is -3.38. The number of hydrogen-bond donors (Lipinski definition) is 4. The number of urea groups is 1. The van der Waals surface area contributed by atoms with Crippen molar-refractivity contribution >= 4 is 22.8 Å². The first-order valence-electron chi connectivity index (χ1n) is 11.7. The molecule has 6 nitrogen and oxygen atoms in total. The van der Waals surface area contributed by atoms with Crippen molar-refractivity contribution in [1.29, 1.82) is 5.41 Å². The zero-order valence-electron chi connectivity index (χ0n) is 19.2. The number of aryl methyl sites for hydroxylation is 1. The highest BCUT2D eigenvalue weighted by Crippen LogP contribution is 2.20. The monoisotopic (exact) mass is 443 g/mol. The van der Waals surface area contributed by atoms with Gasteiger partial charge >= 0.3 is 6.03 Å². The molecule has 2 amide bonds. The first kappa shape index (κ1) is 22.8. The van der Waals surface area contributed by atoms with Crippen LogP contribution in [0, 0.1) is 18.3 Å². The molecule has 3 aromatic carbocycles. The number of carbonyl (C=O) groups excluding carboxylic acids is 1. The van der Waals surface area contributed by atoms with Crippen molar-refractivity contribution in [2.75, 3.05) is 19.6 Å². The van der Waals surface area contributed by atoms with Crippen molar-refractivity contribution in [3.05, 3.63) is 83.4 Å². The van der Waals surface area contributed by atoms with Gasteiger partial charge in [-0.2, -0.15) is 0 Å². The number of hydrogen-bond acceptors (Lipinski definition) is 3. The lowest BCUT2D eigenvalue weighted by Gasteiger charge is -2.32. The Labute approximate surface area is 195 Å². The number of guanidine groups is 1. The molecule has 172 valence electrons. The smallest absolute Gasteiger partial charge is 0.321 e. The van der Waals surface area contributed by atoms with Crippen molar-refractivity contribution in [3.8, 4) is 0 Å². The summed E-state index contributed by atoms with van der Waals surface area (Å²) in [5.41, 5.74) is 3.83. The second-order valence-electron chi connectivity index (χ2n) is 8.85. The van der Waals surface area contributed by atoms with E-state index in [-0.39, 0.29) is 12.0 Å². The van der Waals surface area contributed by atoms with Gasteiger partial charge in [-0.05, 0) is 66.2 Å². The van der Waals surface area contributed by atoms with E-state index in [2.05, 4.69) is 70.2 Å². The molecular weight excluding hydrogens is 410 g/mol. The number of nitrogens with zero attached hydrogens (tertiary/aromatic N) is 1. The average molecular weight is 444 g/mol. The van der Waals surface area contributed by atoms with Gasteiger partial charge < -0.3 is 10.6 Å². The molecule has 0 radical (unpaired) electrons. The molecule has 3 aromatic rings. The molecule has 0 bridgehead atoms. The molecule has 0 aromatic heterocycles. The largest absolute Gasteiger partial charge is 0.352 e. The Bertz CT molecular complexity index is 1100. The summed E-state index contributed by atoms with van der Waals surface area (Å²) in [6, 6.07) is 22.5. The fourth-order valence-electron chi connectivity index (χ4n) is 4.45. The first-order valence-corrected chi connectivity index (χ1v) is 11.7. The van der Waals surface area contributed by atoms with Crippen molar-refractivity contribution in [2.24, 2.45) is 5.92 Å². The summed E-state index contributed by atoms with van der Waals surface area (Å²) in [5, 5.41) is 18.9. The van der Waals surface area contributed by atoms with Crippen molar-refractivity contribution in [3.63, 3.8) is 0 Å². The summed E-state index contributed by atoms with van der Waals surface area (Å²) in [5.74, 6) is 0.482. The van der Waals surface area contributed by atoms with Crippen LogP contribution >= 0.6 is 0 Å². The number of rotatable bonds is 6. The second-order valence-corrected chi connectivity index (χ2v) is 8.85. The Morgan fingerprint density at radius 1 is 0.939 bits per heavy atom. The van der Waals surface area contributed by atoms with Gasteiger partial charge in [0.2, 0.25) is 0 Å². The third-order valence-corrected chi connectivity index (χ3v) is 6.49. The number of piperidine rings is 1. The summed E-state index contributed by atoms with van der Waals surface area (Å²) < 4.78 is 0. The van der Waals surface area contributed by atoms with Gasteiger partial charge in [0, 0.05) is 19.6 Å². The molecule has 0 aliphatic carbocycles. The van der Waals surface area contributed by atoms with E-state index in [1.807, 2.05) is 24.3 Å². The SMILES string of the molecule is Cc1ccccc1CN1CCC(CNC(=O)NC(=N)NCc2cccc3ccccc23)CC1. The maximum Gasteiger partial charge on any atom is 0.321 e. The predicted molar refractivity (Wildman–Crippen MR) is 134 cm³/mol. The standard InChI is InChI=1S/C27H33N5O/c1-20-7-2-3-9-24(20)19-32-15-13-21(14-16-32)17-30-27(33)31-26(28)29-18-23-11-6-10-22-8-4-5-12-25(22)23/h2-12,21H,13-19H2,1H3,(H4,28,29,30,31,33). The highest BCUT2D eigenvalue weighted by molar-refractivity contribution is 5.94. The molecule has 1 heterocycles. The maximum absolute atomic E-state index is 12.2. The zero-order chi connectivity index (χ0) is 23.0. The van der Waals surface area contributed by atoms with Gasteiger partial charge in [-0.3, -0.25) is 15.6 Å². The van der Waals surface area contributed by atoms with Gasteiger partial charge in [-0.25, -0.2) is 4.79 Å². The summed E-state index contributed by atoms with van der Waals surface area (Å²) in [6.45, 7) is 6.38. The van der Waals surface area contributed by atoms with E-state index in [9.17, 15) is 4.79 Å². The topological polar surface area (TPSA) is 80.2 Å². The number of nitrogens with one attached hydrogen (secondary N) is 4. The van der Waals surface area contributed by atoms with Gasteiger partial charge in [0.05, 0.1) is 0 Å². The molecule has 0 unspecified atom stereocenters. The summed E-state index contributed by atoms with van der Waals surface area (Å²) in [7, 11) is 0. The molecule has 4 N–H and O–H groups in total. The van der Waals surface area contributed by atoms with Gasteiger partial charge in [0.25, 0.3) is 0 Å². The minimum Gasteiger partial charge on any atom is -0.352 e. The van der Waals surface area contributed by atoms with E-state index in [4.69, 9.17) is 5.41 Å². The van der Waals surface area contributed by atoms with E-state index in [1.54, 1.807) is 0 Å². The van der Waals surface area contributed by atoms with Crippen molar-refractivity contribution in [2.45, 2.75) is 32.9 Å². The molecule has 6 heteroatoms. The van der Waals surface area contributed by atoms with Crippen LogP contribution < -0.4 is 16.0 Å². The Morgan fingerprint density at radius 2 is 1.64 bits per heavy atom. The van der Waals surface area contributed by atoms with E-state index >= 15 is 0 Å². The van der Waals surface area contributed by atoms with Gasteiger partial charge in [-0.15, -0.1) is 0 Å². The normalized spacial score (nSPS) is 14.7. The summed E-state index contributed by atoms with van der Waals surface area (Å²) >= 11 is 0. The third kappa shape index (κ3) is 6.33. The molecule has 4 rings (SSSR count). The van der Waals surface area contributed by atoms with Crippen LogP contribution in [0.5, 0.6) is 0 Å². The quantitative estimate of drug-likeness (QED) is 0.337. The fraction of sp³-hybridized carbons (Fsp3) is 0.333. The Kier molecular flexibility index (Phi) is 7.58. The van der Waals surface area contributed by atoms with Crippen LogP contribution in [0.4, 0.5) is 4.79 Å². The number of fused-ring (bicyclic) bond motifs is 1. The van der Waals surface area contributed by atoms with Gasteiger partial charge in [0.15, 0.2) is 5.96 Å². The van der Waals surface area contributed by atoms with Crippen LogP contribution in [0.1, 0.15) is 29.5 Å². The molecule has 1 fully saturated rings. The summed E-state index contributed by atoms with van der Waals surface area (Å²) in [6.07, 6.45) is 2.14. The number of carbonyl (C=O) groups is 1. The number of amides is 2. The molecular formula is C27H33N5O. The highest BCUT2D eigenvalue weighted by Gasteiger charge is 2.20. The molecule has 0 spiro atoms. The van der Waals surface area contributed by atoms with Crippen molar-refractivity contribution < 1.29 is 4.79 Å². The van der Waals surface area contributed by atoms with Gasteiger partial charge in [0.1, 0.15) is 0 Å².